The van der Waals surface area contributed by atoms with E-state index in [4.69, 9.17) is 6.11 Å². The van der Waals surface area contributed by atoms with Gasteiger partial charge in [-0.2, -0.15) is 0 Å². The average Bonchev–Trinajstić information content (AvgIpc) is 2.69. The standard InChI is InChI=1S/C13H11NO/c1-15-9-6-7-11-10-4-2-3-5-12(10)14-13(11)8-9/h2-8,14H,1H3/i8D. The van der Waals surface area contributed by atoms with E-state index in [0.717, 1.165) is 21.8 Å². The Morgan fingerprint density at radius 3 is 2.73 bits per heavy atom. The van der Waals surface area contributed by atoms with Crippen molar-refractivity contribution >= 4 is 21.8 Å². The number of benzene rings is 2. The molecule has 0 bridgehead atoms. The van der Waals surface area contributed by atoms with Crippen LogP contribution >= 0.6 is 0 Å². The second-order valence-electron chi connectivity index (χ2n) is 3.49. The maximum absolute atomic E-state index is 8.02. The van der Waals surface area contributed by atoms with Crippen molar-refractivity contribution in [2.45, 2.75) is 0 Å². The quantitative estimate of drug-likeness (QED) is 0.637. The van der Waals surface area contributed by atoms with Crippen LogP contribution in [0.15, 0.2) is 42.4 Å². The molecule has 74 valence electrons. The Bertz CT molecular complexity index is 672. The molecule has 0 amide bonds. The van der Waals surface area contributed by atoms with Gasteiger partial charge >= 0.3 is 0 Å². The summed E-state index contributed by atoms with van der Waals surface area (Å²) < 4.78 is 13.2. The van der Waals surface area contributed by atoms with Crippen LogP contribution in [0.4, 0.5) is 0 Å². The Hall–Kier alpha value is -1.96. The van der Waals surface area contributed by atoms with Crippen LogP contribution in [0.3, 0.4) is 0 Å². The van der Waals surface area contributed by atoms with E-state index in [2.05, 4.69) is 11.1 Å². The zero-order chi connectivity index (χ0) is 11.1. The fourth-order valence-corrected chi connectivity index (χ4v) is 1.88. The van der Waals surface area contributed by atoms with Gasteiger partial charge in [0.2, 0.25) is 0 Å². The summed E-state index contributed by atoms with van der Waals surface area (Å²) in [6.45, 7) is 0. The molecule has 1 heterocycles. The lowest BCUT2D eigenvalue weighted by atomic mass is 10.1. The van der Waals surface area contributed by atoms with E-state index in [1.165, 1.54) is 0 Å². The first-order valence-corrected chi connectivity index (χ1v) is 4.85. The van der Waals surface area contributed by atoms with Crippen molar-refractivity contribution in [2.75, 3.05) is 7.11 Å². The molecule has 0 atom stereocenters. The fourth-order valence-electron chi connectivity index (χ4n) is 1.88. The molecule has 0 fully saturated rings. The molecular formula is C13H11NO. The number of para-hydroxylation sites is 1. The fraction of sp³-hybridized carbons (Fsp3) is 0.0769. The Balaban J connectivity index is 2.49. The van der Waals surface area contributed by atoms with E-state index in [1.54, 1.807) is 7.11 Å². The summed E-state index contributed by atoms with van der Waals surface area (Å²) in [7, 11) is 1.59. The molecule has 0 saturated carbocycles. The summed E-state index contributed by atoms with van der Waals surface area (Å²) in [6.07, 6.45) is 0. The van der Waals surface area contributed by atoms with Crippen LogP contribution in [0.1, 0.15) is 1.37 Å². The number of methoxy groups -OCH3 is 1. The zero-order valence-corrected chi connectivity index (χ0v) is 8.37. The van der Waals surface area contributed by atoms with Crippen LogP contribution in [-0.2, 0) is 0 Å². The number of nitrogens with one attached hydrogen (secondary N) is 1. The van der Waals surface area contributed by atoms with Crippen LogP contribution in [0.2, 0.25) is 0 Å². The van der Waals surface area contributed by atoms with Crippen LogP contribution in [0.5, 0.6) is 5.75 Å². The number of rotatable bonds is 1. The Morgan fingerprint density at radius 1 is 1.07 bits per heavy atom. The largest absolute Gasteiger partial charge is 0.497 e. The minimum atomic E-state index is 0.413. The van der Waals surface area contributed by atoms with Gasteiger partial charge in [0.1, 0.15) is 5.75 Å². The molecule has 3 rings (SSSR count). The molecule has 0 radical (unpaired) electrons. The van der Waals surface area contributed by atoms with Gasteiger partial charge in [-0.15, -0.1) is 0 Å². The molecule has 0 unspecified atom stereocenters. The summed E-state index contributed by atoms with van der Waals surface area (Å²) in [5.74, 6) is 0.596. The van der Waals surface area contributed by atoms with Crippen molar-refractivity contribution in [2.24, 2.45) is 0 Å². The Morgan fingerprint density at radius 2 is 1.87 bits per heavy atom. The van der Waals surface area contributed by atoms with Crippen LogP contribution in [0.25, 0.3) is 21.8 Å². The van der Waals surface area contributed by atoms with Crippen molar-refractivity contribution < 1.29 is 6.11 Å². The first kappa shape index (κ1) is 7.35. The predicted molar refractivity (Wildman–Crippen MR) is 62.4 cm³/mol. The highest BCUT2D eigenvalue weighted by atomic mass is 16.5. The van der Waals surface area contributed by atoms with Crippen LogP contribution in [0, 0.1) is 0 Å². The van der Waals surface area contributed by atoms with E-state index in [0.29, 0.717) is 11.8 Å². The third-order valence-corrected chi connectivity index (χ3v) is 2.62. The van der Waals surface area contributed by atoms with Crippen molar-refractivity contribution in [3.05, 3.63) is 42.4 Å². The van der Waals surface area contributed by atoms with Crippen molar-refractivity contribution in [1.29, 1.82) is 0 Å². The molecule has 3 aromatic rings. The topological polar surface area (TPSA) is 25.0 Å². The normalized spacial score (nSPS) is 11.9. The van der Waals surface area contributed by atoms with Gasteiger partial charge in [0, 0.05) is 22.3 Å². The van der Waals surface area contributed by atoms with Gasteiger partial charge in [-0.25, -0.2) is 0 Å². The van der Waals surface area contributed by atoms with Gasteiger partial charge in [0.15, 0.2) is 0 Å². The van der Waals surface area contributed by atoms with E-state index >= 15 is 0 Å². The number of ether oxygens (including phenoxy) is 1. The number of fused-ring (bicyclic) bond motifs is 3. The molecule has 2 heteroatoms. The number of H-pyrrole nitrogens is 1. The lowest BCUT2D eigenvalue weighted by molar-refractivity contribution is 0.415. The summed E-state index contributed by atoms with van der Waals surface area (Å²) in [6, 6.07) is 12.3. The van der Waals surface area contributed by atoms with E-state index in [9.17, 15) is 0 Å². The highest BCUT2D eigenvalue weighted by Gasteiger charge is 2.03. The predicted octanol–water partition coefficient (Wildman–Crippen LogP) is 3.33. The molecule has 2 aromatic carbocycles. The Kier molecular flexibility index (Phi) is 1.48. The lowest BCUT2D eigenvalue weighted by Gasteiger charge is -1.98. The molecule has 0 saturated heterocycles. The number of aromatic amines is 1. The van der Waals surface area contributed by atoms with E-state index < -0.39 is 0 Å². The maximum Gasteiger partial charge on any atom is 0.120 e. The van der Waals surface area contributed by atoms with Gasteiger partial charge in [-0.3, -0.25) is 0 Å². The molecule has 15 heavy (non-hydrogen) atoms. The number of hydrogen-bond acceptors (Lipinski definition) is 1. The highest BCUT2D eigenvalue weighted by Crippen LogP contribution is 2.27. The molecule has 0 aliphatic rings. The smallest absolute Gasteiger partial charge is 0.120 e. The summed E-state index contributed by atoms with van der Waals surface area (Å²) >= 11 is 0. The summed E-state index contributed by atoms with van der Waals surface area (Å²) in [5.41, 5.74) is 1.89. The number of aromatic nitrogens is 1. The zero-order valence-electron chi connectivity index (χ0n) is 9.37. The molecule has 0 spiro atoms. The van der Waals surface area contributed by atoms with Crippen molar-refractivity contribution in [3.63, 3.8) is 0 Å². The monoisotopic (exact) mass is 198 g/mol. The van der Waals surface area contributed by atoms with E-state index in [1.807, 2.05) is 30.3 Å². The highest BCUT2D eigenvalue weighted by molar-refractivity contribution is 6.07. The first-order chi connectivity index (χ1) is 7.81. The summed E-state index contributed by atoms with van der Waals surface area (Å²) in [4.78, 5) is 3.25. The second kappa shape index (κ2) is 3.02. The molecule has 1 N–H and O–H groups in total. The minimum Gasteiger partial charge on any atom is -0.497 e. The molecule has 1 aromatic heterocycles. The van der Waals surface area contributed by atoms with Gasteiger partial charge in [0.05, 0.1) is 14.0 Å². The average molecular weight is 198 g/mol. The van der Waals surface area contributed by atoms with Gasteiger partial charge in [-0.1, -0.05) is 18.2 Å². The SMILES string of the molecule is [2H]c1c(OC)ccc2c1[nH]c1ccccc12. The Labute approximate surface area is 88.9 Å². The molecular weight excluding hydrogens is 186 g/mol. The minimum absolute atomic E-state index is 0.413. The van der Waals surface area contributed by atoms with Crippen molar-refractivity contribution in [3.8, 4) is 5.75 Å². The van der Waals surface area contributed by atoms with Crippen molar-refractivity contribution in [1.82, 2.24) is 4.98 Å². The van der Waals surface area contributed by atoms with E-state index in [-0.39, 0.29) is 0 Å². The lowest BCUT2D eigenvalue weighted by Crippen LogP contribution is -1.80. The molecule has 0 aliphatic heterocycles. The third kappa shape index (κ3) is 1.18. The molecule has 0 aliphatic carbocycles. The van der Waals surface area contributed by atoms with Gasteiger partial charge in [-0.05, 0) is 18.2 Å². The third-order valence-electron chi connectivity index (χ3n) is 2.62. The number of hydrogen-bond donors (Lipinski definition) is 1. The van der Waals surface area contributed by atoms with Gasteiger partial charge in [0.25, 0.3) is 0 Å². The maximum atomic E-state index is 8.02. The van der Waals surface area contributed by atoms with Crippen LogP contribution in [-0.4, -0.2) is 12.1 Å². The molecule has 2 nitrogen and oxygen atoms in total. The summed E-state index contributed by atoms with van der Waals surface area (Å²) in [5, 5.41) is 2.22. The van der Waals surface area contributed by atoms with Crippen LogP contribution < -0.4 is 4.74 Å². The first-order valence-electron chi connectivity index (χ1n) is 5.35. The second-order valence-corrected chi connectivity index (χ2v) is 3.49. The van der Waals surface area contributed by atoms with Gasteiger partial charge < -0.3 is 9.72 Å².